The van der Waals surface area contributed by atoms with Crippen LogP contribution in [0, 0.1) is 17.2 Å². The summed E-state index contributed by atoms with van der Waals surface area (Å²) in [7, 11) is 0. The topological polar surface area (TPSA) is 23.8 Å². The molecule has 0 N–H and O–H groups in total. The summed E-state index contributed by atoms with van der Waals surface area (Å²) in [6.45, 7) is 4.11. The Balaban J connectivity index is 2.90. The molecule has 98 valence electrons. The lowest BCUT2D eigenvalue weighted by atomic mass is 10.1. The summed E-state index contributed by atoms with van der Waals surface area (Å²) >= 11 is 1.31. The van der Waals surface area contributed by atoms with E-state index in [9.17, 15) is 13.2 Å². The van der Waals surface area contributed by atoms with Gasteiger partial charge in [0, 0.05) is 4.90 Å². The molecule has 1 aromatic rings. The molecule has 0 fully saturated rings. The maximum absolute atomic E-state index is 12.6. The fourth-order valence-corrected chi connectivity index (χ4v) is 2.60. The zero-order valence-corrected chi connectivity index (χ0v) is 11.0. The van der Waals surface area contributed by atoms with Gasteiger partial charge in [0.15, 0.2) is 0 Å². The van der Waals surface area contributed by atoms with Crippen LogP contribution in [-0.4, -0.2) is 5.75 Å². The minimum Gasteiger partial charge on any atom is -0.192 e. The van der Waals surface area contributed by atoms with E-state index in [1.54, 1.807) is 0 Å². The molecule has 0 saturated carbocycles. The molecule has 18 heavy (non-hydrogen) atoms. The lowest BCUT2D eigenvalue weighted by Crippen LogP contribution is -2.05. The maximum atomic E-state index is 12.6. The van der Waals surface area contributed by atoms with Gasteiger partial charge < -0.3 is 0 Å². The van der Waals surface area contributed by atoms with Gasteiger partial charge in [-0.25, -0.2) is 0 Å². The number of hydrogen-bond donors (Lipinski definition) is 0. The summed E-state index contributed by atoms with van der Waals surface area (Å²) in [6, 6.07) is 5.17. The van der Waals surface area contributed by atoms with E-state index in [2.05, 4.69) is 13.8 Å². The predicted octanol–water partition coefficient (Wildman–Crippen LogP) is 4.72. The van der Waals surface area contributed by atoms with E-state index in [0.717, 1.165) is 18.6 Å². The van der Waals surface area contributed by atoms with Crippen LogP contribution in [0.5, 0.6) is 0 Å². The Bertz CT molecular complexity index is 447. The van der Waals surface area contributed by atoms with Gasteiger partial charge in [-0.3, -0.25) is 0 Å². The number of nitriles is 1. The first-order valence-corrected chi connectivity index (χ1v) is 6.57. The number of hydrogen-bond acceptors (Lipinski definition) is 2. The average molecular weight is 273 g/mol. The fraction of sp³-hybridized carbons (Fsp3) is 0.462. The number of nitrogens with zero attached hydrogens (tertiary/aromatic N) is 1. The van der Waals surface area contributed by atoms with E-state index in [0.29, 0.717) is 22.1 Å². The van der Waals surface area contributed by atoms with E-state index in [4.69, 9.17) is 5.26 Å². The van der Waals surface area contributed by atoms with Crippen LogP contribution in [0.3, 0.4) is 0 Å². The Morgan fingerprint density at radius 1 is 1.33 bits per heavy atom. The van der Waals surface area contributed by atoms with Gasteiger partial charge in [0.05, 0.1) is 11.1 Å². The van der Waals surface area contributed by atoms with Crippen LogP contribution in [0.1, 0.15) is 31.4 Å². The molecule has 0 aliphatic carbocycles. The average Bonchev–Trinajstić information content (AvgIpc) is 2.27. The van der Waals surface area contributed by atoms with Crippen LogP contribution in [0.25, 0.3) is 0 Å². The smallest absolute Gasteiger partial charge is 0.192 e. The maximum Gasteiger partial charge on any atom is 0.416 e. The molecule has 0 unspecified atom stereocenters. The van der Waals surface area contributed by atoms with Crippen molar-refractivity contribution in [2.45, 2.75) is 31.3 Å². The molecule has 0 aromatic heterocycles. The normalized spacial score (nSPS) is 11.6. The molecule has 0 bridgehead atoms. The molecular formula is C13H14F3NS. The Hall–Kier alpha value is -1.15. The zero-order chi connectivity index (χ0) is 13.8. The van der Waals surface area contributed by atoms with Crippen LogP contribution in [-0.2, 0) is 6.18 Å². The summed E-state index contributed by atoms with van der Waals surface area (Å²) in [5.41, 5.74) is -0.398. The van der Waals surface area contributed by atoms with Crippen molar-refractivity contribution in [3.8, 4) is 6.07 Å². The third-order valence-corrected chi connectivity index (χ3v) is 3.47. The molecule has 0 spiro atoms. The number of thioether (sulfide) groups is 1. The minimum absolute atomic E-state index is 0.303. The van der Waals surface area contributed by atoms with Crippen molar-refractivity contribution >= 4 is 11.8 Å². The van der Waals surface area contributed by atoms with E-state index in [-0.39, 0.29) is 0 Å². The lowest BCUT2D eigenvalue weighted by Gasteiger charge is -2.10. The molecule has 0 atom stereocenters. The molecule has 0 aliphatic heterocycles. The fourth-order valence-electron chi connectivity index (χ4n) is 1.32. The van der Waals surface area contributed by atoms with Gasteiger partial charge in [0.1, 0.15) is 6.07 Å². The number of benzene rings is 1. The number of halogens is 3. The van der Waals surface area contributed by atoms with Crippen molar-refractivity contribution < 1.29 is 13.2 Å². The van der Waals surface area contributed by atoms with Gasteiger partial charge in [0.25, 0.3) is 0 Å². The van der Waals surface area contributed by atoms with E-state index in [1.165, 1.54) is 17.8 Å². The minimum atomic E-state index is -4.36. The van der Waals surface area contributed by atoms with Crippen LogP contribution in [0.4, 0.5) is 13.2 Å². The van der Waals surface area contributed by atoms with Crippen LogP contribution >= 0.6 is 11.8 Å². The van der Waals surface area contributed by atoms with Crippen molar-refractivity contribution in [1.82, 2.24) is 0 Å². The Morgan fingerprint density at radius 2 is 2.00 bits per heavy atom. The molecule has 1 aromatic carbocycles. The van der Waals surface area contributed by atoms with Crippen molar-refractivity contribution in [1.29, 1.82) is 5.26 Å². The standard InChI is InChI=1S/C13H14F3NS/c1-9(2)5-6-18-12-7-11(13(14,15)16)4-3-10(12)8-17/h3-4,7,9H,5-6H2,1-2H3. The van der Waals surface area contributed by atoms with Gasteiger partial charge in [-0.1, -0.05) is 13.8 Å². The first kappa shape index (κ1) is 14.9. The largest absolute Gasteiger partial charge is 0.416 e. The lowest BCUT2D eigenvalue weighted by molar-refractivity contribution is -0.137. The van der Waals surface area contributed by atoms with Crippen LogP contribution < -0.4 is 0 Å². The van der Waals surface area contributed by atoms with E-state index in [1.807, 2.05) is 6.07 Å². The van der Waals surface area contributed by atoms with Gasteiger partial charge >= 0.3 is 6.18 Å². The second-order valence-corrected chi connectivity index (χ2v) is 5.49. The third kappa shape index (κ3) is 4.26. The molecule has 1 nitrogen and oxygen atoms in total. The van der Waals surface area contributed by atoms with Crippen LogP contribution in [0.15, 0.2) is 23.1 Å². The predicted molar refractivity (Wildman–Crippen MR) is 66.3 cm³/mol. The van der Waals surface area contributed by atoms with E-state index < -0.39 is 11.7 Å². The first-order chi connectivity index (χ1) is 8.34. The monoisotopic (exact) mass is 273 g/mol. The summed E-state index contributed by atoms with van der Waals surface area (Å²) in [5.74, 6) is 1.21. The quantitative estimate of drug-likeness (QED) is 0.741. The van der Waals surface area contributed by atoms with E-state index >= 15 is 0 Å². The summed E-state index contributed by atoms with van der Waals surface area (Å²) < 4.78 is 37.7. The van der Waals surface area contributed by atoms with Crippen molar-refractivity contribution in [2.24, 2.45) is 5.92 Å². The highest BCUT2D eigenvalue weighted by Crippen LogP contribution is 2.33. The highest BCUT2D eigenvalue weighted by molar-refractivity contribution is 7.99. The van der Waals surface area contributed by atoms with Crippen molar-refractivity contribution in [3.05, 3.63) is 29.3 Å². The second kappa shape index (κ2) is 6.14. The number of alkyl halides is 3. The Kier molecular flexibility index (Phi) is 5.09. The van der Waals surface area contributed by atoms with Gasteiger partial charge in [-0.2, -0.15) is 18.4 Å². The molecule has 5 heteroatoms. The molecule has 0 heterocycles. The summed E-state index contributed by atoms with van der Waals surface area (Å²) in [6.07, 6.45) is -3.45. The highest BCUT2D eigenvalue weighted by Gasteiger charge is 2.31. The Labute approximate surface area is 109 Å². The second-order valence-electron chi connectivity index (χ2n) is 4.35. The highest BCUT2D eigenvalue weighted by atomic mass is 32.2. The molecule has 0 amide bonds. The zero-order valence-electron chi connectivity index (χ0n) is 10.2. The first-order valence-electron chi connectivity index (χ1n) is 5.58. The summed E-state index contributed by atoms with van der Waals surface area (Å²) in [5, 5.41) is 8.88. The van der Waals surface area contributed by atoms with Gasteiger partial charge in [-0.05, 0) is 36.3 Å². The van der Waals surface area contributed by atoms with Crippen molar-refractivity contribution in [2.75, 3.05) is 5.75 Å². The molecule has 0 radical (unpaired) electrons. The number of rotatable bonds is 4. The molecule has 0 saturated heterocycles. The molecular weight excluding hydrogens is 259 g/mol. The SMILES string of the molecule is CC(C)CCSc1cc(C(F)(F)F)ccc1C#N. The van der Waals surface area contributed by atoms with Gasteiger partial charge in [0.2, 0.25) is 0 Å². The Morgan fingerprint density at radius 3 is 2.50 bits per heavy atom. The van der Waals surface area contributed by atoms with Gasteiger partial charge in [-0.15, -0.1) is 11.8 Å². The van der Waals surface area contributed by atoms with Crippen molar-refractivity contribution in [3.63, 3.8) is 0 Å². The summed E-state index contributed by atoms with van der Waals surface area (Å²) in [4.78, 5) is 0.410. The van der Waals surface area contributed by atoms with Crippen LogP contribution in [0.2, 0.25) is 0 Å². The third-order valence-electron chi connectivity index (χ3n) is 2.38. The molecule has 1 rings (SSSR count). The molecule has 0 aliphatic rings.